The van der Waals surface area contributed by atoms with Crippen molar-refractivity contribution in [1.29, 1.82) is 0 Å². The molecule has 53 heteroatoms. The summed E-state index contributed by atoms with van der Waals surface area (Å²) in [5.41, 5.74) is 4.32. The fourth-order valence-electron chi connectivity index (χ4n) is 12.6. The van der Waals surface area contributed by atoms with Gasteiger partial charge in [-0.1, -0.05) is 6.42 Å². The van der Waals surface area contributed by atoms with E-state index < -0.39 is 131 Å². The average Bonchev–Trinajstić information content (AvgIpc) is 1.79. The lowest BCUT2D eigenvalue weighted by molar-refractivity contribution is -0.386. The summed E-state index contributed by atoms with van der Waals surface area (Å²) >= 11 is 1.83. The second-order valence-corrected chi connectivity index (χ2v) is 30.7. The number of aliphatic carboxylic acids is 2. The van der Waals surface area contributed by atoms with E-state index in [1.54, 1.807) is 0 Å². The van der Waals surface area contributed by atoms with Crippen LogP contribution in [0.4, 0.5) is 35.0 Å². The number of nitro benzene ring substituents is 3. The lowest BCUT2D eigenvalue weighted by Crippen LogP contribution is -2.43. The maximum Gasteiger partial charge on any atom is 0.490 e. The Morgan fingerprint density at radius 2 is 0.806 bits per heavy atom. The third-order valence-electron chi connectivity index (χ3n) is 19.3. The zero-order valence-electron chi connectivity index (χ0n) is 75.0. The minimum atomic E-state index is -5.08. The van der Waals surface area contributed by atoms with Crippen molar-refractivity contribution in [2.24, 2.45) is 5.73 Å². The Morgan fingerprint density at radius 3 is 1.18 bits per heavy atom. The van der Waals surface area contributed by atoms with Gasteiger partial charge in [-0.2, -0.15) is 24.9 Å². The van der Waals surface area contributed by atoms with Gasteiger partial charge in [0.15, 0.2) is 34.5 Å². The van der Waals surface area contributed by atoms with Gasteiger partial charge in [-0.05, 0) is 90.3 Å². The number of alkyl halides is 3. The van der Waals surface area contributed by atoms with Crippen LogP contribution in [0.15, 0.2) is 36.4 Å². The van der Waals surface area contributed by atoms with E-state index >= 15 is 0 Å². The summed E-state index contributed by atoms with van der Waals surface area (Å²) in [6.07, 6.45) is -0.376. The van der Waals surface area contributed by atoms with Crippen molar-refractivity contribution in [3.8, 4) is 34.5 Å². The number of rotatable bonds is 68. The second kappa shape index (κ2) is 62.8. The smallest absolute Gasteiger partial charge is 0.490 e. The molecule has 3 aromatic carbocycles. The molecule has 0 aliphatic carbocycles. The molecular formula is C81H119F3N16O33S. The number of carbonyl (C=O) groups is 13. The Bertz CT molecular complexity index is 4370. The van der Waals surface area contributed by atoms with E-state index in [9.17, 15) is 106 Å². The summed E-state index contributed by atoms with van der Waals surface area (Å²) in [5.74, 6) is -7.43. The van der Waals surface area contributed by atoms with Crippen LogP contribution in [0, 0.1) is 30.3 Å². The highest BCUT2D eigenvalue weighted by atomic mass is 32.2. The molecular weight excluding hydrogens is 1810 g/mol. The van der Waals surface area contributed by atoms with Crippen LogP contribution in [0.25, 0.3) is 0 Å². The van der Waals surface area contributed by atoms with Gasteiger partial charge in [0.1, 0.15) is 25.9 Å². The molecule has 2 fully saturated rings. The number of ether oxygens (including phenoxy) is 12. The van der Waals surface area contributed by atoms with E-state index in [1.165, 1.54) is 60.3 Å². The summed E-state index contributed by atoms with van der Waals surface area (Å²) in [5, 5.41) is 85.3. The quantitative estimate of drug-likeness (QED) is 0.0165. The van der Waals surface area contributed by atoms with Gasteiger partial charge in [0.2, 0.25) is 59.1 Å². The predicted molar refractivity (Wildman–Crippen MR) is 466 cm³/mol. The zero-order valence-corrected chi connectivity index (χ0v) is 75.8. The molecule has 16 N–H and O–H groups in total. The number of nitro groups is 3. The lowest BCUT2D eigenvalue weighted by Gasteiger charge is -2.18. The van der Waals surface area contributed by atoms with Crippen molar-refractivity contribution in [3.63, 3.8) is 0 Å². The van der Waals surface area contributed by atoms with E-state index in [1.807, 2.05) is 11.8 Å². The second-order valence-electron chi connectivity index (χ2n) is 29.5. The summed E-state index contributed by atoms with van der Waals surface area (Å²) in [6, 6.07) is 3.83. The number of thioether (sulfide) groups is 1. The van der Waals surface area contributed by atoms with E-state index in [0.29, 0.717) is 31.1 Å². The number of fused-ring (bicyclic) bond motifs is 1. The standard InChI is InChI=1S/C79H118N16O31S.C2HF3O2/c1-49(87-73(102)44-86-72(101)43-85-71(100)42-80)52-36-60(115-4)63(39-57(52)93(109)110)124-24-11-17-68(97)82-21-27-118-30-33-121-45-74(103)88-50(2)53-37-61(116-5)64(40-58(53)94(111)112)125-25-12-18-69(98)83-22-28-119-31-34-122-46-75(104)89-51(3)54-38-62(117-6)65(41-59(54)95(113)114)126-26-13-19-70(99)84-23-29-120-32-35-123-47-76(105)90-55(78(106)107)14-9-10-20-81-67(96)16-8-7-15-66-77-56(48-127-66)91-79(108)92-77;3-2(4,5)1(6)7/h36-41,49-51,55-56,66,77H,7-35,42-48,80H2,1-6H3,(H,81,96)(H,82,97)(H,83,98)(H,84,99)(H,85,100)(H,86,101)(H,87,102)(H,88,103)(H,89,104)(H,90,105)(H,106,107)(H2,91,92,108);(H,6,7)/t49?,50?,51?,55-,56-,66-,77-;/m0./s1. The number of nitrogens with zero attached hydrogens (tertiary/aromatic N) is 3. The third kappa shape index (κ3) is 44.8. The first-order valence-electron chi connectivity index (χ1n) is 42.5. The SMILES string of the molecule is COc1cc(C(C)NC(=O)CNC(=O)CNC(=O)CN)c([N+](=O)[O-])cc1OCCCC(=O)NCCOCCOCC(=O)NC(C)c1cc(OC)c(OCCCC(=O)NCCOCCOCC(=O)NC(C)c2cc(OC)c(OCCCC(=O)NCCOCCOCC(=O)N[C@@H](CCCCNC(=O)CCCC[C@@H]3SC[C@@H]4NC(=O)N[C@@H]43)C(=O)O)cc2[N+](=O)[O-])cc1[N+](=O)[O-].O=C(O)C(F)(F)F. The lowest BCUT2D eigenvalue weighted by atomic mass is 10.0. The van der Waals surface area contributed by atoms with Crippen LogP contribution in [0.2, 0.25) is 0 Å². The van der Waals surface area contributed by atoms with Crippen LogP contribution < -0.4 is 98.0 Å². The van der Waals surface area contributed by atoms with Crippen LogP contribution >= 0.6 is 11.8 Å². The van der Waals surface area contributed by atoms with E-state index in [0.717, 1.165) is 43.2 Å². The van der Waals surface area contributed by atoms with Gasteiger partial charge in [-0.15, -0.1) is 0 Å². The highest BCUT2D eigenvalue weighted by molar-refractivity contribution is 8.00. The first kappa shape index (κ1) is 114. The van der Waals surface area contributed by atoms with Crippen LogP contribution in [-0.4, -0.2) is 304 Å². The van der Waals surface area contributed by atoms with Crippen LogP contribution in [-0.2, 0) is 86.0 Å². The molecule has 5 rings (SSSR count). The fraction of sp³-hybridized carbons (Fsp3) is 0.617. The minimum Gasteiger partial charge on any atom is -0.493 e. The number of benzene rings is 3. The summed E-state index contributed by atoms with van der Waals surface area (Å²) in [7, 11) is 3.97. The van der Waals surface area contributed by atoms with Crippen molar-refractivity contribution in [2.75, 3.05) is 172 Å². The molecule has 3 unspecified atom stereocenters. The number of nitrogens with two attached hydrogens (primary N) is 1. The third-order valence-corrected chi connectivity index (χ3v) is 20.8. The number of hydrogen-bond acceptors (Lipinski definition) is 33. The van der Waals surface area contributed by atoms with Gasteiger partial charge < -0.3 is 137 Å². The molecule has 12 amide bonds. The Morgan fingerprint density at radius 1 is 0.448 bits per heavy atom. The number of carbonyl (C=O) groups excluding carboxylic acids is 11. The van der Waals surface area contributed by atoms with Gasteiger partial charge in [0.05, 0.1) is 200 Å². The van der Waals surface area contributed by atoms with Crippen molar-refractivity contribution >= 4 is 106 Å². The molecule has 0 bridgehead atoms. The van der Waals surface area contributed by atoms with Gasteiger partial charge in [0.25, 0.3) is 17.1 Å². The van der Waals surface area contributed by atoms with Crippen LogP contribution in [0.1, 0.15) is 139 Å². The van der Waals surface area contributed by atoms with Crippen LogP contribution in [0.5, 0.6) is 34.5 Å². The van der Waals surface area contributed by atoms with Gasteiger partial charge in [-0.25, -0.2) is 14.4 Å². The summed E-state index contributed by atoms with van der Waals surface area (Å²) in [4.78, 5) is 191. The Hall–Kier alpha value is -12.6. The molecule has 134 heavy (non-hydrogen) atoms. The fourth-order valence-corrected chi connectivity index (χ4v) is 14.2. The highest BCUT2D eigenvalue weighted by Gasteiger charge is 2.43. The topological polar surface area (TPSA) is 673 Å². The first-order chi connectivity index (χ1) is 63.9. The van der Waals surface area contributed by atoms with Gasteiger partial charge in [0, 0.05) is 62.9 Å². The van der Waals surface area contributed by atoms with Crippen molar-refractivity contribution < 1.29 is 157 Å². The molecule has 49 nitrogen and oxygen atoms in total. The predicted octanol–water partition coefficient (Wildman–Crippen LogP) is 1.70. The summed E-state index contributed by atoms with van der Waals surface area (Å²) in [6.45, 7) is 3.29. The number of carboxylic acids is 2. The number of halogens is 3. The molecule has 748 valence electrons. The number of nitrogens with one attached hydrogen (secondary N) is 12. The van der Waals surface area contributed by atoms with Crippen molar-refractivity contribution in [2.45, 2.75) is 152 Å². The van der Waals surface area contributed by atoms with Crippen molar-refractivity contribution in [3.05, 3.63) is 83.4 Å². The van der Waals surface area contributed by atoms with Crippen LogP contribution in [0.3, 0.4) is 0 Å². The Balaban J connectivity index is 0.00000514. The summed E-state index contributed by atoms with van der Waals surface area (Å²) < 4.78 is 97.9. The largest absolute Gasteiger partial charge is 0.493 e. The van der Waals surface area contributed by atoms with Gasteiger partial charge >= 0.3 is 24.1 Å². The first-order valence-corrected chi connectivity index (χ1v) is 43.6. The molecule has 0 aromatic heterocycles. The number of urea groups is 1. The van der Waals surface area contributed by atoms with Crippen molar-refractivity contribution in [1.82, 2.24) is 63.8 Å². The van der Waals surface area contributed by atoms with Gasteiger partial charge in [-0.3, -0.25) is 78.3 Å². The van der Waals surface area contributed by atoms with E-state index in [4.69, 9.17) is 72.5 Å². The highest BCUT2D eigenvalue weighted by Crippen LogP contribution is 2.41. The Labute approximate surface area is 771 Å². The molecule has 0 radical (unpaired) electrons. The molecule has 0 saturated carbocycles. The molecule has 3 aromatic rings. The minimum absolute atomic E-state index is 0.0148. The Kier molecular flexibility index (Phi) is 53.3. The monoisotopic (exact) mass is 1930 g/mol. The molecule has 2 heterocycles. The molecule has 7 atom stereocenters. The number of methoxy groups -OCH3 is 3. The maximum absolute atomic E-state index is 12.8. The molecule has 2 aliphatic heterocycles. The number of amides is 12. The maximum atomic E-state index is 12.8. The zero-order chi connectivity index (χ0) is 99.1. The number of carboxylic acid groups (broad SMARTS) is 2. The normalized spacial score (nSPS) is 14.4. The molecule has 0 spiro atoms. The number of hydrogen-bond donors (Lipinski definition) is 15. The molecule has 2 aliphatic rings. The van der Waals surface area contributed by atoms with E-state index in [-0.39, 0.29) is 255 Å². The molecule has 2 saturated heterocycles. The average molecular weight is 1930 g/mol. The van der Waals surface area contributed by atoms with E-state index in [2.05, 4.69) is 63.8 Å². The number of unbranched alkanes of at least 4 members (excludes halogenated alkanes) is 2.